The molecule has 2 rings (SSSR count). The fourth-order valence-electron chi connectivity index (χ4n) is 2.55. The number of carbonyl (C=O) groups excluding carboxylic acids is 1. The summed E-state index contributed by atoms with van der Waals surface area (Å²) in [5.41, 5.74) is 0.526. The van der Waals surface area contributed by atoms with Gasteiger partial charge in [-0.25, -0.2) is 4.39 Å². The molecule has 0 amide bonds. The quantitative estimate of drug-likeness (QED) is 0.738. The van der Waals surface area contributed by atoms with Gasteiger partial charge in [0.2, 0.25) is 0 Å². The van der Waals surface area contributed by atoms with Gasteiger partial charge in [0.15, 0.2) is 5.78 Å². The number of thioether (sulfide) groups is 1. The lowest BCUT2D eigenvalue weighted by Crippen LogP contribution is -2.15. The summed E-state index contributed by atoms with van der Waals surface area (Å²) in [5, 5.41) is 0.567. The van der Waals surface area contributed by atoms with Crippen molar-refractivity contribution >= 4 is 17.5 Å². The molecule has 1 aromatic carbocycles. The van der Waals surface area contributed by atoms with Crippen molar-refractivity contribution in [1.82, 2.24) is 0 Å². The van der Waals surface area contributed by atoms with Crippen molar-refractivity contribution in [1.29, 1.82) is 0 Å². The lowest BCUT2D eigenvalue weighted by atomic mass is 9.91. The highest BCUT2D eigenvalue weighted by molar-refractivity contribution is 8.00. The third-order valence-corrected chi connectivity index (χ3v) is 4.87. The lowest BCUT2D eigenvalue weighted by molar-refractivity contribution is 0.101. The third-order valence-electron chi connectivity index (χ3n) is 3.50. The highest BCUT2D eigenvalue weighted by Crippen LogP contribution is 2.37. The van der Waals surface area contributed by atoms with Crippen LogP contribution in [-0.2, 0) is 0 Å². The van der Waals surface area contributed by atoms with Gasteiger partial charge < -0.3 is 0 Å². The fourth-order valence-corrected chi connectivity index (χ4v) is 4.09. The van der Waals surface area contributed by atoms with Gasteiger partial charge in [-0.3, -0.25) is 4.79 Å². The molecule has 0 N–H and O–H groups in total. The second-order valence-electron chi connectivity index (χ2n) is 5.21. The molecule has 98 valence electrons. The predicted molar refractivity (Wildman–Crippen MR) is 73.7 cm³/mol. The van der Waals surface area contributed by atoms with Crippen LogP contribution in [0.3, 0.4) is 0 Å². The zero-order valence-electron chi connectivity index (χ0n) is 10.9. The van der Waals surface area contributed by atoms with Crippen molar-refractivity contribution in [3.8, 4) is 0 Å². The summed E-state index contributed by atoms with van der Waals surface area (Å²) in [5.74, 6) is 0.375. The summed E-state index contributed by atoms with van der Waals surface area (Å²) >= 11 is 1.74. The predicted octanol–water partition coefficient (Wildman–Crippen LogP) is 4.70. The fraction of sp³-hybridized carbons (Fsp3) is 0.533. The maximum atomic E-state index is 13.2. The molecule has 2 atom stereocenters. The van der Waals surface area contributed by atoms with Crippen LogP contribution in [0.25, 0.3) is 0 Å². The Hall–Kier alpha value is -0.830. The van der Waals surface area contributed by atoms with Gasteiger partial charge in [0, 0.05) is 15.7 Å². The van der Waals surface area contributed by atoms with Gasteiger partial charge in [0.05, 0.1) is 0 Å². The molecule has 1 aromatic rings. The van der Waals surface area contributed by atoms with Crippen LogP contribution >= 0.6 is 11.8 Å². The first kappa shape index (κ1) is 13.6. The monoisotopic (exact) mass is 266 g/mol. The van der Waals surface area contributed by atoms with Crippen LogP contribution < -0.4 is 0 Å². The molecule has 1 nitrogen and oxygen atoms in total. The highest BCUT2D eigenvalue weighted by atomic mass is 32.2. The average Bonchev–Trinajstić information content (AvgIpc) is 2.31. The van der Waals surface area contributed by atoms with E-state index >= 15 is 0 Å². The van der Waals surface area contributed by atoms with Crippen LogP contribution in [0.2, 0.25) is 0 Å². The van der Waals surface area contributed by atoms with E-state index < -0.39 is 0 Å². The average molecular weight is 266 g/mol. The van der Waals surface area contributed by atoms with Gasteiger partial charge in [0.25, 0.3) is 0 Å². The van der Waals surface area contributed by atoms with Crippen LogP contribution in [0.5, 0.6) is 0 Å². The van der Waals surface area contributed by atoms with Gasteiger partial charge in [-0.15, -0.1) is 11.8 Å². The SMILES string of the molecule is CC(=O)c1cc(F)ccc1SC1CCCC(C)C1. The zero-order valence-corrected chi connectivity index (χ0v) is 11.7. The van der Waals surface area contributed by atoms with E-state index in [9.17, 15) is 9.18 Å². The van der Waals surface area contributed by atoms with Gasteiger partial charge in [0.1, 0.15) is 5.82 Å². The molecule has 0 heterocycles. The molecule has 0 aliphatic heterocycles. The smallest absolute Gasteiger partial charge is 0.161 e. The van der Waals surface area contributed by atoms with Crippen molar-refractivity contribution in [3.63, 3.8) is 0 Å². The van der Waals surface area contributed by atoms with Crippen molar-refractivity contribution < 1.29 is 9.18 Å². The van der Waals surface area contributed by atoms with Crippen LogP contribution in [-0.4, -0.2) is 11.0 Å². The second kappa shape index (κ2) is 5.87. The molecule has 3 heteroatoms. The maximum Gasteiger partial charge on any atom is 0.161 e. The Morgan fingerprint density at radius 3 is 2.83 bits per heavy atom. The van der Waals surface area contributed by atoms with Crippen LogP contribution in [0.15, 0.2) is 23.1 Å². The Balaban J connectivity index is 2.15. The first-order valence-corrected chi connectivity index (χ1v) is 7.41. The molecular formula is C15H19FOS. The van der Waals surface area contributed by atoms with E-state index in [1.165, 1.54) is 44.7 Å². The number of rotatable bonds is 3. The third kappa shape index (κ3) is 3.35. The van der Waals surface area contributed by atoms with Crippen LogP contribution in [0.4, 0.5) is 4.39 Å². The van der Waals surface area contributed by atoms with E-state index in [0.29, 0.717) is 10.8 Å². The Bertz CT molecular complexity index is 444. The van der Waals surface area contributed by atoms with E-state index in [1.54, 1.807) is 17.8 Å². The van der Waals surface area contributed by atoms with Gasteiger partial charge in [-0.1, -0.05) is 19.8 Å². The number of benzene rings is 1. The molecule has 0 aromatic heterocycles. The minimum Gasteiger partial charge on any atom is -0.294 e. The van der Waals surface area contributed by atoms with Crippen LogP contribution in [0.1, 0.15) is 49.9 Å². The number of hydrogen-bond donors (Lipinski definition) is 0. The number of carbonyl (C=O) groups is 1. The molecule has 1 aliphatic carbocycles. The summed E-state index contributed by atoms with van der Waals surface area (Å²) in [7, 11) is 0. The lowest BCUT2D eigenvalue weighted by Gasteiger charge is -2.26. The number of ketones is 1. The van der Waals surface area contributed by atoms with E-state index in [1.807, 2.05) is 0 Å². The van der Waals surface area contributed by atoms with E-state index in [-0.39, 0.29) is 11.6 Å². The summed E-state index contributed by atoms with van der Waals surface area (Å²) in [6, 6.07) is 4.55. The second-order valence-corrected chi connectivity index (χ2v) is 6.55. The molecule has 0 bridgehead atoms. The number of halogens is 1. The van der Waals surface area contributed by atoms with Crippen molar-refractivity contribution in [2.24, 2.45) is 5.92 Å². The standard InChI is InChI=1S/C15H19FOS/c1-10-4-3-5-13(8-10)18-15-7-6-12(16)9-14(15)11(2)17/h6-7,9-10,13H,3-5,8H2,1-2H3. The summed E-state index contributed by atoms with van der Waals surface area (Å²) in [4.78, 5) is 12.5. The Kier molecular flexibility index (Phi) is 4.44. The van der Waals surface area contributed by atoms with Gasteiger partial charge in [-0.05, 0) is 43.9 Å². The molecule has 1 saturated carbocycles. The Morgan fingerprint density at radius 1 is 1.39 bits per heavy atom. The summed E-state index contributed by atoms with van der Waals surface area (Å²) in [6.07, 6.45) is 4.96. The topological polar surface area (TPSA) is 17.1 Å². The largest absolute Gasteiger partial charge is 0.294 e. The Morgan fingerprint density at radius 2 is 2.17 bits per heavy atom. The first-order chi connectivity index (χ1) is 8.56. The molecule has 0 radical (unpaired) electrons. The van der Waals surface area contributed by atoms with Gasteiger partial charge in [-0.2, -0.15) is 0 Å². The minimum atomic E-state index is -0.332. The first-order valence-electron chi connectivity index (χ1n) is 6.53. The molecular weight excluding hydrogens is 247 g/mol. The molecule has 0 spiro atoms. The minimum absolute atomic E-state index is 0.0548. The Labute approximate surface area is 112 Å². The molecule has 2 unspecified atom stereocenters. The summed E-state index contributed by atoms with van der Waals surface area (Å²) in [6.45, 7) is 3.78. The molecule has 1 aliphatic rings. The van der Waals surface area contributed by atoms with Crippen molar-refractivity contribution in [3.05, 3.63) is 29.6 Å². The normalized spacial score (nSPS) is 23.9. The number of Topliss-reactive ketones (excluding diaryl/α,β-unsaturated/α-hetero) is 1. The maximum absolute atomic E-state index is 13.2. The van der Waals surface area contributed by atoms with Gasteiger partial charge >= 0.3 is 0 Å². The molecule has 18 heavy (non-hydrogen) atoms. The summed E-state index contributed by atoms with van der Waals surface area (Å²) < 4.78 is 13.2. The zero-order chi connectivity index (χ0) is 13.1. The highest BCUT2D eigenvalue weighted by Gasteiger charge is 2.21. The van der Waals surface area contributed by atoms with Crippen LogP contribution in [0, 0.1) is 11.7 Å². The van der Waals surface area contributed by atoms with E-state index in [2.05, 4.69) is 6.92 Å². The van der Waals surface area contributed by atoms with Crippen molar-refractivity contribution in [2.45, 2.75) is 49.7 Å². The molecule has 0 saturated heterocycles. The van der Waals surface area contributed by atoms with E-state index in [4.69, 9.17) is 0 Å². The number of hydrogen-bond acceptors (Lipinski definition) is 2. The molecule has 1 fully saturated rings. The van der Waals surface area contributed by atoms with E-state index in [0.717, 1.165) is 10.8 Å². The van der Waals surface area contributed by atoms with Crippen molar-refractivity contribution in [2.75, 3.05) is 0 Å².